The van der Waals surface area contributed by atoms with Gasteiger partial charge in [-0.1, -0.05) is 11.3 Å². The Morgan fingerprint density at radius 2 is 2.35 bits per heavy atom. The molecule has 0 saturated carbocycles. The lowest BCUT2D eigenvalue weighted by Crippen LogP contribution is -2.22. The van der Waals surface area contributed by atoms with Crippen LogP contribution >= 0.6 is 0 Å². The number of fused-ring (bicyclic) bond motifs is 1. The molecule has 1 N–H and O–H groups in total. The van der Waals surface area contributed by atoms with E-state index in [-0.39, 0.29) is 11.9 Å². The molecule has 1 amide bonds. The maximum Gasteiger partial charge on any atom is 0.253 e. The van der Waals surface area contributed by atoms with E-state index >= 15 is 0 Å². The van der Waals surface area contributed by atoms with Crippen LogP contribution in [0.5, 0.6) is 0 Å². The van der Waals surface area contributed by atoms with Crippen LogP contribution in [0.3, 0.4) is 0 Å². The summed E-state index contributed by atoms with van der Waals surface area (Å²) in [4.78, 5) is 12.3. The lowest BCUT2D eigenvalue weighted by Gasteiger charge is -2.05. The molecule has 4 rings (SSSR count). The summed E-state index contributed by atoms with van der Waals surface area (Å²) in [5.41, 5.74) is 2.37. The Hall–Kier alpha value is -2.67. The quantitative estimate of drug-likeness (QED) is 0.791. The molecule has 0 radical (unpaired) electrons. The molecule has 7 nitrogen and oxygen atoms in total. The van der Waals surface area contributed by atoms with Gasteiger partial charge in [0.25, 0.3) is 5.91 Å². The summed E-state index contributed by atoms with van der Waals surface area (Å²) in [5.74, 6) is -0.118. The van der Waals surface area contributed by atoms with E-state index in [0.717, 1.165) is 24.2 Å². The number of carbonyl (C=O) groups is 1. The van der Waals surface area contributed by atoms with Crippen molar-refractivity contribution in [3.63, 3.8) is 0 Å². The molecule has 1 fully saturated rings. The molecule has 4 heterocycles. The lowest BCUT2D eigenvalue weighted by atomic mass is 10.3. The van der Waals surface area contributed by atoms with Crippen LogP contribution in [-0.2, 0) is 11.3 Å². The first kappa shape index (κ1) is 14.0. The van der Waals surface area contributed by atoms with E-state index in [9.17, 15) is 4.79 Å². The third kappa shape index (κ3) is 2.83. The number of rotatable bonds is 4. The van der Waals surface area contributed by atoms with Gasteiger partial charge in [0, 0.05) is 24.5 Å². The number of nitrogens with one attached hydrogen (secondary N) is 1. The minimum absolute atomic E-state index is 0.118. The standard InChI is InChI=1S/C16H17N5O2/c22-16(12-7-14-3-1-2-5-20(14)9-12)17-8-13-10-21(19-18-13)15-4-6-23-11-15/h1-3,5,7,9-10,15H,4,6,8,11H2,(H,17,22). The van der Waals surface area contributed by atoms with E-state index in [0.29, 0.717) is 18.7 Å². The molecule has 0 aliphatic carbocycles. The Kier molecular flexibility index (Phi) is 3.55. The molecule has 23 heavy (non-hydrogen) atoms. The van der Waals surface area contributed by atoms with Crippen LogP contribution in [0.2, 0.25) is 0 Å². The molecular formula is C16H17N5O2. The Labute approximate surface area is 132 Å². The van der Waals surface area contributed by atoms with Crippen LogP contribution in [-0.4, -0.2) is 38.5 Å². The number of aromatic nitrogens is 4. The predicted molar refractivity (Wildman–Crippen MR) is 83.1 cm³/mol. The van der Waals surface area contributed by atoms with Gasteiger partial charge in [0.15, 0.2) is 0 Å². The number of carbonyl (C=O) groups excluding carboxylic acids is 1. The van der Waals surface area contributed by atoms with Gasteiger partial charge in [-0.15, -0.1) is 5.10 Å². The number of ether oxygens (including phenoxy) is 1. The van der Waals surface area contributed by atoms with Crippen molar-refractivity contribution in [2.24, 2.45) is 0 Å². The summed E-state index contributed by atoms with van der Waals surface area (Å²) in [6.07, 6.45) is 6.56. The van der Waals surface area contributed by atoms with Gasteiger partial charge in [0.1, 0.15) is 5.69 Å². The van der Waals surface area contributed by atoms with Gasteiger partial charge in [-0.05, 0) is 24.6 Å². The van der Waals surface area contributed by atoms with Gasteiger partial charge in [0.2, 0.25) is 0 Å². The highest BCUT2D eigenvalue weighted by Gasteiger charge is 2.19. The zero-order valence-electron chi connectivity index (χ0n) is 12.6. The summed E-state index contributed by atoms with van der Waals surface area (Å²) >= 11 is 0. The molecule has 1 aliphatic heterocycles. The smallest absolute Gasteiger partial charge is 0.253 e. The first-order chi connectivity index (χ1) is 11.3. The van der Waals surface area contributed by atoms with E-state index in [1.54, 1.807) is 0 Å². The van der Waals surface area contributed by atoms with E-state index in [1.165, 1.54) is 0 Å². The summed E-state index contributed by atoms with van der Waals surface area (Å²) in [6.45, 7) is 1.80. The van der Waals surface area contributed by atoms with Crippen LogP contribution in [0, 0.1) is 0 Å². The Morgan fingerprint density at radius 1 is 1.39 bits per heavy atom. The van der Waals surface area contributed by atoms with Gasteiger partial charge in [0.05, 0.1) is 31.0 Å². The number of hydrogen-bond acceptors (Lipinski definition) is 4. The molecule has 1 atom stereocenters. The predicted octanol–water partition coefficient (Wildman–Crippen LogP) is 1.42. The molecule has 1 saturated heterocycles. The van der Waals surface area contributed by atoms with Crippen molar-refractivity contribution in [2.45, 2.75) is 19.0 Å². The van der Waals surface area contributed by atoms with Crippen LogP contribution < -0.4 is 5.32 Å². The molecular weight excluding hydrogens is 294 g/mol. The second-order valence-corrected chi connectivity index (χ2v) is 5.65. The van der Waals surface area contributed by atoms with Gasteiger partial charge in [-0.3, -0.25) is 4.79 Å². The molecule has 3 aromatic heterocycles. The van der Waals surface area contributed by atoms with Gasteiger partial charge in [-0.2, -0.15) is 0 Å². The van der Waals surface area contributed by atoms with E-state index in [4.69, 9.17) is 4.74 Å². The van der Waals surface area contributed by atoms with Crippen LogP contribution in [0.4, 0.5) is 0 Å². The first-order valence-electron chi connectivity index (χ1n) is 7.63. The fraction of sp³-hybridized carbons (Fsp3) is 0.312. The molecule has 7 heteroatoms. The number of amides is 1. The zero-order chi connectivity index (χ0) is 15.6. The third-order valence-corrected chi connectivity index (χ3v) is 4.03. The highest BCUT2D eigenvalue weighted by molar-refractivity contribution is 5.95. The summed E-state index contributed by atoms with van der Waals surface area (Å²) in [6, 6.07) is 7.96. The Bertz CT molecular complexity index is 799. The summed E-state index contributed by atoms with van der Waals surface area (Å²) in [5, 5.41) is 11.1. The highest BCUT2D eigenvalue weighted by atomic mass is 16.5. The largest absolute Gasteiger partial charge is 0.379 e. The molecule has 0 aromatic carbocycles. The SMILES string of the molecule is O=C(NCc1cn(C2CCOC2)nn1)c1cc2ccccn2c1. The van der Waals surface area contributed by atoms with E-state index < -0.39 is 0 Å². The molecule has 1 aliphatic rings. The minimum Gasteiger partial charge on any atom is -0.379 e. The first-order valence-corrected chi connectivity index (χ1v) is 7.63. The van der Waals surface area contributed by atoms with Gasteiger partial charge in [-0.25, -0.2) is 4.68 Å². The Morgan fingerprint density at radius 3 is 3.17 bits per heavy atom. The van der Waals surface area contributed by atoms with E-state index in [1.807, 2.05) is 51.9 Å². The third-order valence-electron chi connectivity index (χ3n) is 4.03. The summed E-state index contributed by atoms with van der Waals surface area (Å²) in [7, 11) is 0. The van der Waals surface area contributed by atoms with Gasteiger partial charge < -0.3 is 14.5 Å². The fourth-order valence-electron chi connectivity index (χ4n) is 2.76. The molecule has 0 bridgehead atoms. The van der Waals surface area contributed by atoms with Crippen LogP contribution in [0.25, 0.3) is 5.52 Å². The lowest BCUT2D eigenvalue weighted by molar-refractivity contribution is 0.0950. The van der Waals surface area contributed by atoms with Crippen molar-refractivity contribution >= 4 is 11.4 Å². The topological polar surface area (TPSA) is 73.5 Å². The van der Waals surface area contributed by atoms with Crippen molar-refractivity contribution in [3.05, 3.63) is 54.1 Å². The zero-order valence-corrected chi connectivity index (χ0v) is 12.6. The van der Waals surface area contributed by atoms with Crippen molar-refractivity contribution < 1.29 is 9.53 Å². The monoisotopic (exact) mass is 311 g/mol. The number of nitrogens with zero attached hydrogens (tertiary/aromatic N) is 4. The fourth-order valence-corrected chi connectivity index (χ4v) is 2.76. The van der Waals surface area contributed by atoms with E-state index in [2.05, 4.69) is 15.6 Å². The van der Waals surface area contributed by atoms with Crippen LogP contribution in [0.1, 0.15) is 28.5 Å². The summed E-state index contributed by atoms with van der Waals surface area (Å²) < 4.78 is 9.09. The van der Waals surface area contributed by atoms with Crippen molar-refractivity contribution in [1.29, 1.82) is 0 Å². The second-order valence-electron chi connectivity index (χ2n) is 5.65. The molecule has 0 spiro atoms. The van der Waals surface area contributed by atoms with Gasteiger partial charge >= 0.3 is 0 Å². The van der Waals surface area contributed by atoms with Crippen molar-refractivity contribution in [1.82, 2.24) is 24.7 Å². The van der Waals surface area contributed by atoms with Crippen molar-refractivity contribution in [2.75, 3.05) is 13.2 Å². The van der Waals surface area contributed by atoms with Crippen LogP contribution in [0.15, 0.2) is 42.9 Å². The number of pyridine rings is 1. The molecule has 118 valence electrons. The minimum atomic E-state index is -0.118. The normalized spacial score (nSPS) is 17.7. The molecule has 1 unspecified atom stereocenters. The average Bonchev–Trinajstić information content (AvgIpc) is 3.31. The second kappa shape index (κ2) is 5.85. The Balaban J connectivity index is 1.41. The maximum absolute atomic E-state index is 12.3. The number of hydrogen-bond donors (Lipinski definition) is 1. The maximum atomic E-state index is 12.3. The average molecular weight is 311 g/mol. The molecule has 3 aromatic rings. The highest BCUT2D eigenvalue weighted by Crippen LogP contribution is 2.17. The van der Waals surface area contributed by atoms with Crippen molar-refractivity contribution in [3.8, 4) is 0 Å².